The molecular formula is C21H29FN4O4. The van der Waals surface area contributed by atoms with E-state index in [0.29, 0.717) is 49.9 Å². The molecule has 1 aromatic heterocycles. The van der Waals surface area contributed by atoms with Gasteiger partial charge in [-0.05, 0) is 51.8 Å². The number of likely N-dealkylation sites (tertiary alicyclic amines) is 1. The molecule has 1 N–H and O–H groups in total. The van der Waals surface area contributed by atoms with Crippen molar-refractivity contribution in [2.45, 2.75) is 51.7 Å². The molecule has 1 saturated heterocycles. The van der Waals surface area contributed by atoms with Gasteiger partial charge in [0.1, 0.15) is 5.82 Å². The molecule has 0 atom stereocenters. The lowest BCUT2D eigenvalue weighted by atomic mass is 9.97. The van der Waals surface area contributed by atoms with Gasteiger partial charge in [0.15, 0.2) is 0 Å². The van der Waals surface area contributed by atoms with Crippen LogP contribution >= 0.6 is 0 Å². The van der Waals surface area contributed by atoms with Gasteiger partial charge < -0.3 is 14.9 Å². The van der Waals surface area contributed by atoms with Gasteiger partial charge in [0.25, 0.3) is 5.56 Å². The zero-order chi connectivity index (χ0) is 22.2. The van der Waals surface area contributed by atoms with Gasteiger partial charge in [-0.2, -0.15) is 0 Å². The average Bonchev–Trinajstić information content (AvgIpc) is 2.66. The molecule has 1 aromatic carbocycles. The predicted molar refractivity (Wildman–Crippen MR) is 112 cm³/mol. The van der Waals surface area contributed by atoms with Gasteiger partial charge in [-0.3, -0.25) is 13.9 Å². The lowest BCUT2D eigenvalue weighted by Crippen LogP contribution is -2.54. The second kappa shape index (κ2) is 8.22. The molecule has 30 heavy (non-hydrogen) atoms. The topological polar surface area (TPSA) is 87.8 Å². The molecule has 2 heterocycles. The van der Waals surface area contributed by atoms with Crippen LogP contribution in [0.2, 0.25) is 0 Å². The van der Waals surface area contributed by atoms with Crippen LogP contribution in [-0.4, -0.2) is 61.3 Å². The van der Waals surface area contributed by atoms with Crippen molar-refractivity contribution in [1.29, 1.82) is 0 Å². The Hall–Kier alpha value is -2.68. The maximum atomic E-state index is 13.8. The summed E-state index contributed by atoms with van der Waals surface area (Å²) in [5.74, 6) is -0.499. The minimum Gasteiger partial charge on any atom is -0.465 e. The summed E-state index contributed by atoms with van der Waals surface area (Å²) in [6, 6.07) is 3.79. The van der Waals surface area contributed by atoms with Crippen LogP contribution in [0.25, 0.3) is 10.9 Å². The number of carboxylic acid groups (broad SMARTS) is 1. The van der Waals surface area contributed by atoms with E-state index in [1.807, 2.05) is 20.8 Å². The molecule has 164 valence electrons. The Balaban J connectivity index is 1.75. The zero-order valence-electron chi connectivity index (χ0n) is 17.9. The Morgan fingerprint density at radius 3 is 2.40 bits per heavy atom. The molecule has 2 aromatic rings. The Morgan fingerprint density at radius 2 is 1.83 bits per heavy atom. The van der Waals surface area contributed by atoms with Gasteiger partial charge in [-0.15, -0.1) is 0 Å². The van der Waals surface area contributed by atoms with Crippen molar-refractivity contribution in [3.05, 3.63) is 44.9 Å². The number of carbonyl (C=O) groups is 1. The molecule has 1 aliphatic rings. The first kappa shape index (κ1) is 22.0. The Bertz CT molecular complexity index is 1060. The highest BCUT2D eigenvalue weighted by Crippen LogP contribution is 2.24. The smallest absolute Gasteiger partial charge is 0.407 e. The van der Waals surface area contributed by atoms with Crippen LogP contribution in [0.5, 0.6) is 0 Å². The van der Waals surface area contributed by atoms with Crippen molar-refractivity contribution >= 4 is 17.0 Å². The highest BCUT2D eigenvalue weighted by atomic mass is 19.1. The third-order valence-electron chi connectivity index (χ3n) is 5.79. The minimum atomic E-state index is -0.911. The van der Waals surface area contributed by atoms with Crippen LogP contribution in [0.15, 0.2) is 27.8 Å². The van der Waals surface area contributed by atoms with E-state index in [0.717, 1.165) is 4.57 Å². The van der Waals surface area contributed by atoms with Gasteiger partial charge in [-0.25, -0.2) is 14.0 Å². The fourth-order valence-corrected chi connectivity index (χ4v) is 4.31. The molecule has 8 nitrogen and oxygen atoms in total. The quantitative estimate of drug-likeness (QED) is 0.818. The van der Waals surface area contributed by atoms with Gasteiger partial charge in [-0.1, -0.05) is 0 Å². The Kier molecular flexibility index (Phi) is 6.03. The lowest BCUT2D eigenvalue weighted by Gasteiger charge is -2.43. The molecule has 0 bridgehead atoms. The van der Waals surface area contributed by atoms with Gasteiger partial charge >= 0.3 is 11.8 Å². The summed E-state index contributed by atoms with van der Waals surface area (Å²) >= 11 is 0. The van der Waals surface area contributed by atoms with Crippen LogP contribution in [0.3, 0.4) is 0 Å². The highest BCUT2D eigenvalue weighted by Gasteiger charge is 2.35. The molecule has 0 saturated carbocycles. The minimum absolute atomic E-state index is 0.0473. The summed E-state index contributed by atoms with van der Waals surface area (Å²) in [6.45, 7) is 7.96. The van der Waals surface area contributed by atoms with Crippen LogP contribution in [0.4, 0.5) is 9.18 Å². The van der Waals surface area contributed by atoms with Crippen molar-refractivity contribution in [1.82, 2.24) is 18.9 Å². The Labute approximate surface area is 174 Å². The van der Waals surface area contributed by atoms with Gasteiger partial charge in [0, 0.05) is 44.8 Å². The first-order valence-electron chi connectivity index (χ1n) is 10.1. The molecule has 0 radical (unpaired) electrons. The summed E-state index contributed by atoms with van der Waals surface area (Å²) in [5, 5.41) is 9.90. The van der Waals surface area contributed by atoms with E-state index in [2.05, 4.69) is 4.90 Å². The van der Waals surface area contributed by atoms with Crippen LogP contribution in [-0.2, 0) is 13.6 Å². The van der Waals surface area contributed by atoms with Crippen LogP contribution in [0.1, 0.15) is 33.6 Å². The second-order valence-corrected chi connectivity index (χ2v) is 8.86. The van der Waals surface area contributed by atoms with Gasteiger partial charge in [0.2, 0.25) is 0 Å². The summed E-state index contributed by atoms with van der Waals surface area (Å²) in [4.78, 5) is 40.3. The summed E-state index contributed by atoms with van der Waals surface area (Å²) in [5.41, 5.74) is -1.09. The third kappa shape index (κ3) is 4.26. The van der Waals surface area contributed by atoms with Crippen molar-refractivity contribution in [3.63, 3.8) is 0 Å². The van der Waals surface area contributed by atoms with Crippen LogP contribution < -0.4 is 11.2 Å². The number of hydrogen-bond acceptors (Lipinski definition) is 4. The van der Waals surface area contributed by atoms with Gasteiger partial charge in [0.05, 0.1) is 10.9 Å². The monoisotopic (exact) mass is 420 g/mol. The lowest BCUT2D eigenvalue weighted by molar-refractivity contribution is 0.0416. The number of aromatic nitrogens is 2. The van der Waals surface area contributed by atoms with E-state index in [9.17, 15) is 23.9 Å². The molecule has 3 rings (SSSR count). The standard InChI is InChI=1S/C21H29FN4O4/c1-21(2,3)26(20(29)30)15-7-9-24(10-8-15)11-12-25-17-13-14(22)5-6-16(17)18(27)23(4)19(25)28/h5-6,13,15H,7-12H2,1-4H3,(H,29,30). The van der Waals surface area contributed by atoms with Crippen molar-refractivity contribution in [3.8, 4) is 0 Å². The fourth-order valence-electron chi connectivity index (χ4n) is 4.31. The number of halogens is 1. The normalized spacial score (nSPS) is 16.2. The maximum Gasteiger partial charge on any atom is 0.407 e. The highest BCUT2D eigenvalue weighted by molar-refractivity contribution is 5.78. The maximum absolute atomic E-state index is 13.8. The van der Waals surface area contributed by atoms with E-state index in [1.54, 1.807) is 0 Å². The van der Waals surface area contributed by atoms with Crippen molar-refractivity contribution in [2.24, 2.45) is 7.05 Å². The van der Waals surface area contributed by atoms with E-state index in [1.165, 1.54) is 34.7 Å². The fraction of sp³-hybridized carbons (Fsp3) is 0.571. The summed E-state index contributed by atoms with van der Waals surface area (Å²) in [6.07, 6.45) is 0.508. The number of nitrogens with zero attached hydrogens (tertiary/aromatic N) is 4. The molecule has 0 aliphatic carbocycles. The number of piperidine rings is 1. The second-order valence-electron chi connectivity index (χ2n) is 8.86. The first-order chi connectivity index (χ1) is 14.0. The zero-order valence-corrected chi connectivity index (χ0v) is 17.9. The number of hydrogen-bond donors (Lipinski definition) is 1. The number of amides is 1. The molecule has 9 heteroatoms. The average molecular weight is 420 g/mol. The van der Waals surface area contributed by atoms with E-state index in [4.69, 9.17) is 0 Å². The molecular weight excluding hydrogens is 391 g/mol. The Morgan fingerprint density at radius 1 is 1.20 bits per heavy atom. The molecule has 1 fully saturated rings. The molecule has 0 unspecified atom stereocenters. The van der Waals surface area contributed by atoms with Crippen molar-refractivity contribution in [2.75, 3.05) is 19.6 Å². The number of fused-ring (bicyclic) bond motifs is 1. The van der Waals surface area contributed by atoms with E-state index >= 15 is 0 Å². The largest absolute Gasteiger partial charge is 0.465 e. The summed E-state index contributed by atoms with van der Waals surface area (Å²) < 4.78 is 16.2. The van der Waals surface area contributed by atoms with Crippen molar-refractivity contribution < 1.29 is 14.3 Å². The van der Waals surface area contributed by atoms with E-state index in [-0.39, 0.29) is 6.04 Å². The first-order valence-corrected chi connectivity index (χ1v) is 10.1. The molecule has 1 amide bonds. The third-order valence-corrected chi connectivity index (χ3v) is 5.79. The number of benzene rings is 1. The summed E-state index contributed by atoms with van der Waals surface area (Å²) in [7, 11) is 1.42. The number of rotatable bonds is 4. The molecule has 1 aliphatic heterocycles. The predicted octanol–water partition coefficient (Wildman–Crippen LogP) is 2.08. The molecule has 0 spiro atoms. The van der Waals surface area contributed by atoms with E-state index < -0.39 is 28.7 Å². The SMILES string of the molecule is Cn1c(=O)c2ccc(F)cc2n(CCN2CCC(N(C(=O)O)C(C)(C)C)CC2)c1=O. The van der Waals surface area contributed by atoms with Crippen LogP contribution in [0, 0.1) is 5.82 Å².